The van der Waals surface area contributed by atoms with E-state index in [1.807, 2.05) is 30.3 Å². The number of aliphatic hydroxyl groups excluding tert-OH is 1. The number of para-hydroxylation sites is 1. The van der Waals surface area contributed by atoms with E-state index in [9.17, 15) is 14.7 Å². The third kappa shape index (κ3) is 3.00. The number of hydrogen-bond acceptors (Lipinski definition) is 5. The molecule has 0 bridgehead atoms. The number of benzene rings is 1. The normalized spacial score (nSPS) is 11.2. The monoisotopic (exact) mass is 286 g/mol. The molecule has 0 saturated carbocycles. The van der Waals surface area contributed by atoms with Crippen molar-refractivity contribution in [3.8, 4) is 5.69 Å². The number of methoxy groups -OCH3 is 1. The third-order valence-corrected chi connectivity index (χ3v) is 2.94. The maximum Gasteiger partial charge on any atom is 0.378 e. The summed E-state index contributed by atoms with van der Waals surface area (Å²) >= 11 is 0. The number of esters is 1. The van der Waals surface area contributed by atoms with Gasteiger partial charge in [-0.2, -0.15) is 5.10 Å². The molecule has 0 fully saturated rings. The molecule has 0 unspecified atom stereocenters. The molecule has 1 N–H and O–H groups in total. The van der Waals surface area contributed by atoms with Crippen LogP contribution in [0.5, 0.6) is 0 Å². The van der Waals surface area contributed by atoms with Crippen molar-refractivity contribution in [2.75, 3.05) is 7.11 Å². The molecule has 0 aliphatic carbocycles. The van der Waals surface area contributed by atoms with E-state index in [1.54, 1.807) is 11.6 Å². The van der Waals surface area contributed by atoms with E-state index in [2.05, 4.69) is 9.84 Å². The van der Waals surface area contributed by atoms with Gasteiger partial charge < -0.3 is 9.84 Å². The Kier molecular flexibility index (Phi) is 4.18. The standard InChI is InChI=1S/C15H14N2O4/c1-10-12(13(18)8-14(19)15(20)21-2)9-16-17(10)11-6-4-3-5-7-11/h3-9,18H,1-2H3/b13-8-. The van der Waals surface area contributed by atoms with E-state index in [-0.39, 0.29) is 5.76 Å². The van der Waals surface area contributed by atoms with Gasteiger partial charge in [0.05, 0.1) is 30.3 Å². The second kappa shape index (κ2) is 6.04. The smallest absolute Gasteiger partial charge is 0.378 e. The first-order valence-electron chi connectivity index (χ1n) is 6.18. The molecule has 1 aromatic carbocycles. The summed E-state index contributed by atoms with van der Waals surface area (Å²) in [5.41, 5.74) is 1.84. The van der Waals surface area contributed by atoms with Crippen LogP contribution in [0.1, 0.15) is 11.3 Å². The lowest BCUT2D eigenvalue weighted by Crippen LogP contribution is -2.13. The number of hydrogen-bond donors (Lipinski definition) is 1. The van der Waals surface area contributed by atoms with Crippen molar-refractivity contribution in [1.82, 2.24) is 9.78 Å². The van der Waals surface area contributed by atoms with Gasteiger partial charge in [-0.15, -0.1) is 0 Å². The lowest BCUT2D eigenvalue weighted by molar-refractivity contribution is -0.149. The first-order valence-corrected chi connectivity index (χ1v) is 6.18. The molecule has 0 spiro atoms. The van der Waals surface area contributed by atoms with E-state index in [4.69, 9.17) is 0 Å². The highest BCUT2D eigenvalue weighted by atomic mass is 16.5. The summed E-state index contributed by atoms with van der Waals surface area (Å²) in [7, 11) is 1.10. The van der Waals surface area contributed by atoms with Gasteiger partial charge in [0.25, 0.3) is 5.78 Å². The van der Waals surface area contributed by atoms with Crippen LogP contribution in [0.4, 0.5) is 0 Å². The van der Waals surface area contributed by atoms with Gasteiger partial charge in [-0.05, 0) is 19.1 Å². The number of ketones is 1. The molecule has 0 amide bonds. The van der Waals surface area contributed by atoms with Crippen LogP contribution < -0.4 is 0 Å². The van der Waals surface area contributed by atoms with Gasteiger partial charge in [0.15, 0.2) is 0 Å². The van der Waals surface area contributed by atoms with Crippen LogP contribution in [-0.2, 0) is 14.3 Å². The van der Waals surface area contributed by atoms with E-state index >= 15 is 0 Å². The van der Waals surface area contributed by atoms with Crippen molar-refractivity contribution in [3.05, 3.63) is 53.9 Å². The molecule has 0 radical (unpaired) electrons. The van der Waals surface area contributed by atoms with Crippen LogP contribution in [0.3, 0.4) is 0 Å². The molecule has 1 heterocycles. The quantitative estimate of drug-likeness (QED) is 0.401. The molecular formula is C15H14N2O4. The van der Waals surface area contributed by atoms with E-state index in [0.717, 1.165) is 18.9 Å². The molecular weight excluding hydrogens is 272 g/mol. The average Bonchev–Trinajstić information content (AvgIpc) is 2.88. The van der Waals surface area contributed by atoms with Crippen molar-refractivity contribution < 1.29 is 19.4 Å². The van der Waals surface area contributed by atoms with Crippen molar-refractivity contribution in [1.29, 1.82) is 0 Å². The van der Waals surface area contributed by atoms with Crippen LogP contribution in [0, 0.1) is 6.92 Å². The summed E-state index contributed by atoms with van der Waals surface area (Å²) in [5, 5.41) is 14.1. The molecule has 0 aliphatic heterocycles. The zero-order valence-electron chi connectivity index (χ0n) is 11.6. The Morgan fingerprint density at radius 2 is 1.95 bits per heavy atom. The van der Waals surface area contributed by atoms with Gasteiger partial charge >= 0.3 is 5.97 Å². The van der Waals surface area contributed by atoms with E-state index in [0.29, 0.717) is 11.3 Å². The van der Waals surface area contributed by atoms with Crippen molar-refractivity contribution >= 4 is 17.5 Å². The Balaban J connectivity index is 2.35. The van der Waals surface area contributed by atoms with Gasteiger partial charge in [-0.3, -0.25) is 4.79 Å². The lowest BCUT2D eigenvalue weighted by atomic mass is 10.2. The fourth-order valence-electron chi connectivity index (χ4n) is 1.85. The molecule has 6 nitrogen and oxygen atoms in total. The maximum atomic E-state index is 11.4. The number of rotatable bonds is 4. The number of ether oxygens (including phenoxy) is 1. The SMILES string of the molecule is COC(=O)C(=O)/C=C(\O)c1cnn(-c2ccccc2)c1C. The molecule has 0 atom stereocenters. The maximum absolute atomic E-state index is 11.4. The van der Waals surface area contributed by atoms with Gasteiger partial charge in [0.1, 0.15) is 5.76 Å². The first kappa shape index (κ1) is 14.5. The highest BCUT2D eigenvalue weighted by Crippen LogP contribution is 2.19. The van der Waals surface area contributed by atoms with Crippen molar-refractivity contribution in [2.24, 2.45) is 0 Å². The third-order valence-electron chi connectivity index (χ3n) is 2.94. The van der Waals surface area contributed by atoms with Crippen LogP contribution in [0.15, 0.2) is 42.6 Å². The summed E-state index contributed by atoms with van der Waals surface area (Å²) in [6.45, 7) is 1.75. The Morgan fingerprint density at radius 3 is 2.57 bits per heavy atom. The number of carbonyl (C=O) groups is 2. The highest BCUT2D eigenvalue weighted by Gasteiger charge is 2.16. The van der Waals surface area contributed by atoms with E-state index < -0.39 is 11.8 Å². The van der Waals surface area contributed by atoms with Crippen molar-refractivity contribution in [3.63, 3.8) is 0 Å². The topological polar surface area (TPSA) is 81.4 Å². The summed E-state index contributed by atoms with van der Waals surface area (Å²) in [6, 6.07) is 9.35. The number of aliphatic hydroxyl groups is 1. The minimum Gasteiger partial charge on any atom is -0.507 e. The zero-order chi connectivity index (χ0) is 15.4. The fourth-order valence-corrected chi connectivity index (χ4v) is 1.85. The highest BCUT2D eigenvalue weighted by molar-refractivity contribution is 6.39. The molecule has 2 rings (SSSR count). The predicted molar refractivity (Wildman–Crippen MR) is 75.9 cm³/mol. The number of carbonyl (C=O) groups excluding carboxylic acids is 2. The van der Waals surface area contributed by atoms with Gasteiger partial charge in [-0.1, -0.05) is 18.2 Å². The molecule has 0 aliphatic rings. The Hall–Kier alpha value is -2.89. The van der Waals surface area contributed by atoms with Crippen LogP contribution in [-0.4, -0.2) is 33.7 Å². The van der Waals surface area contributed by atoms with Crippen molar-refractivity contribution in [2.45, 2.75) is 6.92 Å². The van der Waals surface area contributed by atoms with Gasteiger partial charge in [0, 0.05) is 6.08 Å². The Bertz CT molecular complexity index is 702. The Morgan fingerprint density at radius 1 is 1.29 bits per heavy atom. The zero-order valence-corrected chi connectivity index (χ0v) is 11.6. The van der Waals surface area contributed by atoms with Crippen LogP contribution >= 0.6 is 0 Å². The lowest BCUT2D eigenvalue weighted by Gasteiger charge is -2.04. The summed E-state index contributed by atoms with van der Waals surface area (Å²) < 4.78 is 5.92. The van der Waals surface area contributed by atoms with Gasteiger partial charge in [0.2, 0.25) is 0 Å². The number of aromatic nitrogens is 2. The summed E-state index contributed by atoms with van der Waals surface area (Å²) in [5.74, 6) is -2.29. The second-order valence-electron chi connectivity index (χ2n) is 4.28. The average molecular weight is 286 g/mol. The summed E-state index contributed by atoms with van der Waals surface area (Å²) in [6.07, 6.45) is 2.25. The molecule has 6 heteroatoms. The second-order valence-corrected chi connectivity index (χ2v) is 4.28. The molecule has 1 aromatic heterocycles. The van der Waals surface area contributed by atoms with E-state index in [1.165, 1.54) is 6.20 Å². The van der Waals surface area contributed by atoms with Crippen LogP contribution in [0.2, 0.25) is 0 Å². The van der Waals surface area contributed by atoms with Crippen LogP contribution in [0.25, 0.3) is 11.4 Å². The molecule has 108 valence electrons. The summed E-state index contributed by atoms with van der Waals surface area (Å²) in [4.78, 5) is 22.4. The molecule has 21 heavy (non-hydrogen) atoms. The predicted octanol–water partition coefficient (Wildman–Crippen LogP) is 1.82. The Labute approximate surface area is 121 Å². The first-order chi connectivity index (χ1) is 10.0. The van der Waals surface area contributed by atoms with Gasteiger partial charge in [-0.25, -0.2) is 9.48 Å². The molecule has 2 aromatic rings. The fraction of sp³-hybridized carbons (Fsp3) is 0.133. The number of nitrogens with zero attached hydrogens (tertiary/aromatic N) is 2. The molecule has 0 saturated heterocycles. The largest absolute Gasteiger partial charge is 0.507 e. The minimum atomic E-state index is -1.03. The minimum absolute atomic E-state index is 0.329.